The molecule has 178 valence electrons. The van der Waals surface area contributed by atoms with E-state index in [2.05, 4.69) is 15.7 Å². The zero-order valence-corrected chi connectivity index (χ0v) is 19.8. The van der Waals surface area contributed by atoms with Crippen molar-refractivity contribution in [2.75, 3.05) is 6.54 Å². The average Bonchev–Trinajstić information content (AvgIpc) is 3.49. The zero-order valence-electron chi connectivity index (χ0n) is 19.8. The van der Waals surface area contributed by atoms with Gasteiger partial charge in [0.2, 0.25) is 5.91 Å². The third kappa shape index (κ3) is 5.09. The normalized spacial score (nSPS) is 16.6. The molecule has 7 heteroatoms. The van der Waals surface area contributed by atoms with Gasteiger partial charge in [-0.3, -0.25) is 14.3 Å². The van der Waals surface area contributed by atoms with E-state index >= 15 is 4.39 Å². The topological polar surface area (TPSA) is 76.0 Å². The molecule has 2 N–H and O–H groups in total. The highest BCUT2D eigenvalue weighted by molar-refractivity contribution is 5.94. The molecule has 1 aliphatic heterocycles. The molecule has 3 aromatic rings. The summed E-state index contributed by atoms with van der Waals surface area (Å²) in [4.78, 5) is 26.7. The number of amides is 1. The van der Waals surface area contributed by atoms with Crippen molar-refractivity contribution in [2.24, 2.45) is 7.05 Å². The first-order valence-corrected chi connectivity index (χ1v) is 11.8. The summed E-state index contributed by atoms with van der Waals surface area (Å²) in [5.41, 5.74) is 2.81. The largest absolute Gasteiger partial charge is 0.341 e. The Morgan fingerprint density at radius 2 is 1.91 bits per heavy atom. The van der Waals surface area contributed by atoms with Crippen LogP contribution < -0.4 is 10.6 Å². The van der Waals surface area contributed by atoms with Gasteiger partial charge in [0.1, 0.15) is 11.9 Å². The van der Waals surface area contributed by atoms with E-state index in [1.807, 2.05) is 44.2 Å². The Hall–Kier alpha value is -3.32. The van der Waals surface area contributed by atoms with E-state index in [4.69, 9.17) is 0 Å². The summed E-state index contributed by atoms with van der Waals surface area (Å²) in [6.07, 6.45) is 5.10. The molecule has 34 heavy (non-hydrogen) atoms. The van der Waals surface area contributed by atoms with Crippen molar-refractivity contribution in [2.45, 2.75) is 51.1 Å². The van der Waals surface area contributed by atoms with Crippen molar-refractivity contribution in [3.05, 3.63) is 77.4 Å². The van der Waals surface area contributed by atoms with Gasteiger partial charge in [0.05, 0.1) is 12.2 Å². The molecule has 0 bridgehead atoms. The van der Waals surface area contributed by atoms with Gasteiger partial charge in [-0.1, -0.05) is 56.3 Å². The summed E-state index contributed by atoms with van der Waals surface area (Å²) in [6.45, 7) is 4.64. The van der Waals surface area contributed by atoms with Crippen molar-refractivity contribution in [3.63, 3.8) is 0 Å². The number of aryl methyl sites for hydroxylation is 1. The van der Waals surface area contributed by atoms with Crippen LogP contribution >= 0.6 is 0 Å². The molecule has 1 aromatic heterocycles. The Labute approximate surface area is 199 Å². The van der Waals surface area contributed by atoms with Gasteiger partial charge >= 0.3 is 0 Å². The fourth-order valence-corrected chi connectivity index (χ4v) is 4.54. The van der Waals surface area contributed by atoms with Crippen LogP contribution in [0.1, 0.15) is 55.3 Å². The van der Waals surface area contributed by atoms with Gasteiger partial charge in [0, 0.05) is 25.2 Å². The molecule has 2 aromatic carbocycles. The number of benzene rings is 2. The number of hydrogen-bond donors (Lipinski definition) is 2. The zero-order chi connectivity index (χ0) is 24.2. The van der Waals surface area contributed by atoms with E-state index in [1.54, 1.807) is 36.3 Å². The van der Waals surface area contributed by atoms with Gasteiger partial charge in [0.25, 0.3) is 0 Å². The fourth-order valence-electron chi connectivity index (χ4n) is 4.54. The number of carbonyl (C=O) groups is 2. The molecular weight excluding hydrogens is 431 g/mol. The van der Waals surface area contributed by atoms with Crippen molar-refractivity contribution >= 4 is 11.7 Å². The van der Waals surface area contributed by atoms with E-state index in [9.17, 15) is 9.59 Å². The smallest absolute Gasteiger partial charge is 0.237 e. The molecule has 2 atom stereocenters. The van der Waals surface area contributed by atoms with Gasteiger partial charge in [0.15, 0.2) is 5.78 Å². The molecule has 4 rings (SSSR count). The molecule has 6 nitrogen and oxygen atoms in total. The highest BCUT2D eigenvalue weighted by atomic mass is 19.1. The summed E-state index contributed by atoms with van der Waals surface area (Å²) >= 11 is 0. The van der Waals surface area contributed by atoms with Crippen LogP contribution in [0.15, 0.2) is 54.9 Å². The Bertz CT molecular complexity index is 1170. The van der Waals surface area contributed by atoms with Crippen LogP contribution in [-0.2, 0) is 23.1 Å². The van der Waals surface area contributed by atoms with Crippen LogP contribution in [0.3, 0.4) is 0 Å². The Balaban J connectivity index is 1.80. The first-order valence-electron chi connectivity index (χ1n) is 11.8. The molecule has 1 amide bonds. The molecular formula is C27H31FN4O2. The van der Waals surface area contributed by atoms with Crippen molar-refractivity contribution in [1.82, 2.24) is 20.4 Å². The quantitative estimate of drug-likeness (QED) is 0.529. The van der Waals surface area contributed by atoms with Gasteiger partial charge in [-0.15, -0.1) is 0 Å². The summed E-state index contributed by atoms with van der Waals surface area (Å²) in [6, 6.07) is 11.4. The van der Waals surface area contributed by atoms with Crippen molar-refractivity contribution < 1.29 is 14.0 Å². The van der Waals surface area contributed by atoms with E-state index in [0.717, 1.165) is 18.5 Å². The lowest BCUT2D eigenvalue weighted by Gasteiger charge is -2.24. The number of halogens is 1. The minimum atomic E-state index is -0.985. The standard InChI is InChI=1S/C27H31FN4O2/c1-17(2)20-11-12-21(24(25(20)28)19-8-5-4-6-9-19)26(31-27(34)22-10-7-13-29-22)23(33)14-18-15-30-32(3)16-18/h4-6,8-9,11-12,15-17,22,26,29H,7,10,13-14H2,1-3H3,(H,31,34). The summed E-state index contributed by atoms with van der Waals surface area (Å²) < 4.78 is 17.5. The molecule has 2 unspecified atom stereocenters. The summed E-state index contributed by atoms with van der Waals surface area (Å²) in [7, 11) is 1.78. The van der Waals surface area contributed by atoms with Gasteiger partial charge in [-0.05, 0) is 47.6 Å². The molecule has 1 fully saturated rings. The van der Waals surface area contributed by atoms with Crippen molar-refractivity contribution in [1.29, 1.82) is 0 Å². The van der Waals surface area contributed by atoms with E-state index in [0.29, 0.717) is 28.7 Å². The second-order valence-electron chi connectivity index (χ2n) is 9.21. The lowest BCUT2D eigenvalue weighted by molar-refractivity contribution is -0.128. The van der Waals surface area contributed by atoms with Crippen LogP contribution in [-0.4, -0.2) is 34.1 Å². The SMILES string of the molecule is CC(C)c1ccc(C(NC(=O)C2CCCN2)C(=O)Cc2cnn(C)c2)c(-c2ccccc2)c1F. The van der Waals surface area contributed by atoms with E-state index in [1.165, 1.54) is 0 Å². The maximum Gasteiger partial charge on any atom is 0.237 e. The maximum atomic E-state index is 15.9. The van der Waals surface area contributed by atoms with Crippen LogP contribution in [0.4, 0.5) is 4.39 Å². The lowest BCUT2D eigenvalue weighted by atomic mass is 9.87. The molecule has 1 saturated heterocycles. The van der Waals surface area contributed by atoms with Gasteiger partial charge in [-0.25, -0.2) is 4.39 Å². The number of nitrogens with one attached hydrogen (secondary N) is 2. The fraction of sp³-hybridized carbons (Fsp3) is 0.370. The van der Waals surface area contributed by atoms with E-state index in [-0.39, 0.29) is 35.9 Å². The third-order valence-corrected chi connectivity index (χ3v) is 6.32. The van der Waals surface area contributed by atoms with Crippen LogP contribution in [0.5, 0.6) is 0 Å². The summed E-state index contributed by atoms with van der Waals surface area (Å²) in [5.74, 6) is -0.841. The number of nitrogens with zero attached hydrogens (tertiary/aromatic N) is 2. The average molecular weight is 463 g/mol. The predicted octanol–water partition coefficient (Wildman–Crippen LogP) is 4.07. The first-order chi connectivity index (χ1) is 16.3. The molecule has 1 aliphatic rings. The second kappa shape index (κ2) is 10.3. The number of ketones is 1. The minimum absolute atomic E-state index is 0.0293. The minimum Gasteiger partial charge on any atom is -0.341 e. The Morgan fingerprint density at radius 1 is 1.18 bits per heavy atom. The maximum absolute atomic E-state index is 15.9. The van der Waals surface area contributed by atoms with Gasteiger partial charge < -0.3 is 10.6 Å². The summed E-state index contributed by atoms with van der Waals surface area (Å²) in [5, 5.41) is 10.3. The molecule has 0 aliphatic carbocycles. The molecule has 0 radical (unpaired) electrons. The first kappa shape index (κ1) is 23.8. The number of aromatic nitrogens is 2. The van der Waals surface area contributed by atoms with E-state index < -0.39 is 6.04 Å². The highest BCUT2D eigenvalue weighted by Crippen LogP contribution is 2.36. The second-order valence-corrected chi connectivity index (χ2v) is 9.21. The molecule has 0 spiro atoms. The van der Waals surface area contributed by atoms with Crippen molar-refractivity contribution in [3.8, 4) is 11.1 Å². The Kier molecular flexibility index (Phi) is 7.22. The van der Waals surface area contributed by atoms with Gasteiger partial charge in [-0.2, -0.15) is 5.10 Å². The number of rotatable bonds is 8. The predicted molar refractivity (Wildman–Crippen MR) is 130 cm³/mol. The number of Topliss-reactive ketones (excluding diaryl/α,β-unsaturated/α-hetero) is 1. The Morgan fingerprint density at radius 3 is 2.53 bits per heavy atom. The van der Waals surface area contributed by atoms with Crippen LogP contribution in [0, 0.1) is 5.82 Å². The molecule has 2 heterocycles. The lowest BCUT2D eigenvalue weighted by Crippen LogP contribution is -2.44. The van der Waals surface area contributed by atoms with Crippen LogP contribution in [0.25, 0.3) is 11.1 Å². The highest BCUT2D eigenvalue weighted by Gasteiger charge is 2.31. The number of hydrogen-bond acceptors (Lipinski definition) is 4. The molecule has 0 saturated carbocycles. The van der Waals surface area contributed by atoms with Crippen LogP contribution in [0.2, 0.25) is 0 Å². The third-order valence-electron chi connectivity index (χ3n) is 6.32. The monoisotopic (exact) mass is 462 g/mol. The number of carbonyl (C=O) groups excluding carboxylic acids is 2.